The fraction of sp³-hybridized carbons (Fsp3) is 0.200. The highest BCUT2D eigenvalue weighted by atomic mass is 16.5. The Balaban J connectivity index is 2.04. The van der Waals surface area contributed by atoms with Crippen LogP contribution in [0.2, 0.25) is 0 Å². The van der Waals surface area contributed by atoms with Crippen molar-refractivity contribution < 1.29 is 9.26 Å². The van der Waals surface area contributed by atoms with Crippen LogP contribution in [0.25, 0.3) is 0 Å². The van der Waals surface area contributed by atoms with Gasteiger partial charge in [0.15, 0.2) is 0 Å². The molecule has 2 heterocycles. The second-order valence-electron chi connectivity index (χ2n) is 3.39. The zero-order chi connectivity index (χ0) is 10.3. The molecule has 1 aromatic carbocycles. The molecule has 0 radical (unpaired) electrons. The van der Waals surface area contributed by atoms with Crippen LogP contribution in [0.4, 0.5) is 5.95 Å². The van der Waals surface area contributed by atoms with Gasteiger partial charge in [0.05, 0.1) is 0 Å². The summed E-state index contributed by atoms with van der Waals surface area (Å²) in [4.78, 5) is 4.01. The lowest BCUT2D eigenvalue weighted by atomic mass is 10.0. The van der Waals surface area contributed by atoms with Crippen LogP contribution in [0.1, 0.15) is 17.4 Å². The largest absolute Gasteiger partial charge is 0.492 e. The minimum atomic E-state index is 0.00556. The van der Waals surface area contributed by atoms with E-state index in [4.69, 9.17) is 15.0 Å². The maximum Gasteiger partial charge on any atom is 0.260 e. The van der Waals surface area contributed by atoms with Gasteiger partial charge >= 0.3 is 0 Å². The van der Waals surface area contributed by atoms with Crippen LogP contribution in [0, 0.1) is 0 Å². The van der Waals surface area contributed by atoms with Crippen molar-refractivity contribution in [1.82, 2.24) is 10.1 Å². The Morgan fingerprint density at radius 3 is 3.00 bits per heavy atom. The van der Waals surface area contributed by atoms with Crippen molar-refractivity contribution in [3.8, 4) is 5.75 Å². The summed E-state index contributed by atoms with van der Waals surface area (Å²) in [6.45, 7) is 0.529. The lowest BCUT2D eigenvalue weighted by molar-refractivity contribution is 0.305. The Kier molecular flexibility index (Phi) is 1.65. The summed E-state index contributed by atoms with van der Waals surface area (Å²) >= 11 is 0. The lowest BCUT2D eigenvalue weighted by Gasteiger charge is -2.00. The molecule has 1 atom stereocenters. The first-order chi connectivity index (χ1) is 7.34. The Morgan fingerprint density at radius 2 is 2.20 bits per heavy atom. The normalized spacial score (nSPS) is 18.5. The van der Waals surface area contributed by atoms with E-state index in [1.807, 2.05) is 24.3 Å². The first-order valence-corrected chi connectivity index (χ1v) is 4.65. The van der Waals surface area contributed by atoms with Gasteiger partial charge in [0.2, 0.25) is 5.89 Å². The van der Waals surface area contributed by atoms with Crippen LogP contribution in [0.5, 0.6) is 5.75 Å². The summed E-state index contributed by atoms with van der Waals surface area (Å²) in [5, 5.41) is 3.57. The van der Waals surface area contributed by atoms with Crippen molar-refractivity contribution in [1.29, 1.82) is 0 Å². The number of ether oxygens (including phenoxy) is 1. The van der Waals surface area contributed by atoms with Gasteiger partial charge in [0, 0.05) is 5.56 Å². The van der Waals surface area contributed by atoms with Gasteiger partial charge in [0.1, 0.15) is 18.3 Å². The van der Waals surface area contributed by atoms with E-state index in [0.717, 1.165) is 11.3 Å². The number of rotatable bonds is 1. The van der Waals surface area contributed by atoms with Crippen LogP contribution < -0.4 is 10.5 Å². The second kappa shape index (κ2) is 2.98. The number of aromatic nitrogens is 2. The Labute approximate surface area is 85.9 Å². The fourth-order valence-corrected chi connectivity index (χ4v) is 1.76. The Morgan fingerprint density at radius 1 is 1.33 bits per heavy atom. The quantitative estimate of drug-likeness (QED) is 0.753. The van der Waals surface area contributed by atoms with E-state index in [0.29, 0.717) is 12.5 Å². The molecule has 1 aromatic heterocycles. The first kappa shape index (κ1) is 8.28. The van der Waals surface area contributed by atoms with Gasteiger partial charge in [0.25, 0.3) is 5.95 Å². The lowest BCUT2D eigenvalue weighted by Crippen LogP contribution is -2.03. The third kappa shape index (κ3) is 1.24. The minimum Gasteiger partial charge on any atom is -0.492 e. The standard InChI is InChI=1S/C10H9N3O2/c11-10-12-9(15-13-10)7-5-14-8-4-2-1-3-6(7)8/h1-4,7H,5H2,(H2,11,13). The average Bonchev–Trinajstić information content (AvgIpc) is 2.83. The molecule has 5 heteroatoms. The smallest absolute Gasteiger partial charge is 0.260 e. The molecule has 0 saturated heterocycles. The molecular formula is C10H9N3O2. The highest BCUT2D eigenvalue weighted by molar-refractivity contribution is 5.42. The number of nitrogens with zero attached hydrogens (tertiary/aromatic N) is 2. The molecule has 0 saturated carbocycles. The molecule has 15 heavy (non-hydrogen) atoms. The van der Waals surface area contributed by atoms with Gasteiger partial charge in [-0.2, -0.15) is 4.98 Å². The molecule has 1 unspecified atom stereocenters. The molecule has 0 fully saturated rings. The Bertz CT molecular complexity index is 495. The highest BCUT2D eigenvalue weighted by Crippen LogP contribution is 2.36. The van der Waals surface area contributed by atoms with Crippen LogP contribution >= 0.6 is 0 Å². The molecule has 0 bridgehead atoms. The van der Waals surface area contributed by atoms with E-state index < -0.39 is 0 Å². The molecule has 0 amide bonds. The number of benzene rings is 1. The molecule has 1 aliphatic heterocycles. The number of fused-ring (bicyclic) bond motifs is 1. The number of para-hydroxylation sites is 1. The topological polar surface area (TPSA) is 74.2 Å². The summed E-state index contributed by atoms with van der Waals surface area (Å²) in [6, 6.07) is 7.81. The fourth-order valence-electron chi connectivity index (χ4n) is 1.76. The summed E-state index contributed by atoms with van der Waals surface area (Å²) in [5.74, 6) is 1.55. The van der Waals surface area contributed by atoms with Crippen molar-refractivity contribution in [2.45, 2.75) is 5.92 Å². The molecule has 1 aliphatic rings. The molecule has 2 N–H and O–H groups in total. The predicted molar refractivity (Wildman–Crippen MR) is 52.5 cm³/mol. The maximum absolute atomic E-state index is 5.51. The summed E-state index contributed by atoms with van der Waals surface area (Å²) in [5.41, 5.74) is 6.48. The van der Waals surface area contributed by atoms with Crippen LogP contribution in [0.15, 0.2) is 28.8 Å². The minimum absolute atomic E-state index is 0.00556. The SMILES string of the molecule is Nc1noc(C2COc3ccccc32)n1. The van der Waals surface area contributed by atoms with Crippen molar-refractivity contribution in [3.63, 3.8) is 0 Å². The van der Waals surface area contributed by atoms with Gasteiger partial charge in [-0.1, -0.05) is 18.2 Å². The third-order valence-electron chi connectivity index (χ3n) is 2.46. The second-order valence-corrected chi connectivity index (χ2v) is 3.39. The zero-order valence-corrected chi connectivity index (χ0v) is 7.88. The van der Waals surface area contributed by atoms with Gasteiger partial charge in [-0.25, -0.2) is 0 Å². The van der Waals surface area contributed by atoms with Crippen molar-refractivity contribution in [2.75, 3.05) is 12.3 Å². The summed E-state index contributed by atoms with van der Waals surface area (Å²) in [7, 11) is 0. The molecule has 3 rings (SSSR count). The number of hydrogen-bond donors (Lipinski definition) is 1. The monoisotopic (exact) mass is 203 g/mol. The van der Waals surface area contributed by atoms with E-state index in [1.165, 1.54) is 0 Å². The number of anilines is 1. The van der Waals surface area contributed by atoms with Crippen LogP contribution in [-0.4, -0.2) is 16.7 Å². The maximum atomic E-state index is 5.51. The van der Waals surface area contributed by atoms with Crippen molar-refractivity contribution in [3.05, 3.63) is 35.7 Å². The third-order valence-corrected chi connectivity index (χ3v) is 2.46. The van der Waals surface area contributed by atoms with Crippen molar-refractivity contribution in [2.24, 2.45) is 0 Å². The first-order valence-electron chi connectivity index (χ1n) is 4.65. The van der Waals surface area contributed by atoms with E-state index in [2.05, 4.69) is 10.1 Å². The Hall–Kier alpha value is -2.04. The molecular weight excluding hydrogens is 194 g/mol. The van der Waals surface area contributed by atoms with E-state index in [9.17, 15) is 0 Å². The predicted octanol–water partition coefficient (Wildman–Crippen LogP) is 1.18. The summed E-state index contributed by atoms with van der Waals surface area (Å²) < 4.78 is 10.5. The number of nitrogen functional groups attached to an aromatic ring is 1. The van der Waals surface area contributed by atoms with E-state index in [1.54, 1.807) is 0 Å². The van der Waals surface area contributed by atoms with Gasteiger partial charge in [-0.15, -0.1) is 0 Å². The molecule has 76 valence electrons. The molecule has 0 aliphatic carbocycles. The average molecular weight is 203 g/mol. The highest BCUT2D eigenvalue weighted by Gasteiger charge is 2.29. The van der Waals surface area contributed by atoms with E-state index in [-0.39, 0.29) is 11.9 Å². The van der Waals surface area contributed by atoms with Crippen LogP contribution in [0.3, 0.4) is 0 Å². The summed E-state index contributed by atoms with van der Waals surface area (Å²) in [6.07, 6.45) is 0. The van der Waals surface area contributed by atoms with Crippen molar-refractivity contribution >= 4 is 5.95 Å². The molecule has 2 aromatic rings. The van der Waals surface area contributed by atoms with Gasteiger partial charge in [-0.3, -0.25) is 0 Å². The number of hydrogen-bond acceptors (Lipinski definition) is 5. The molecule has 0 spiro atoms. The van der Waals surface area contributed by atoms with Gasteiger partial charge in [-0.05, 0) is 11.2 Å². The molecule has 5 nitrogen and oxygen atoms in total. The number of nitrogens with two attached hydrogens (primary N) is 1. The van der Waals surface area contributed by atoms with Gasteiger partial charge < -0.3 is 15.0 Å². The van der Waals surface area contributed by atoms with E-state index >= 15 is 0 Å². The zero-order valence-electron chi connectivity index (χ0n) is 7.88. The van der Waals surface area contributed by atoms with Crippen LogP contribution in [-0.2, 0) is 0 Å².